The van der Waals surface area contributed by atoms with Gasteiger partial charge >= 0.3 is 0 Å². The number of pyridine rings is 1. The number of aromatic nitrogens is 1. The van der Waals surface area contributed by atoms with Gasteiger partial charge in [-0.25, -0.2) is 0 Å². The van der Waals surface area contributed by atoms with Crippen molar-refractivity contribution in [3.63, 3.8) is 0 Å². The summed E-state index contributed by atoms with van der Waals surface area (Å²) in [5.74, 6) is 2.66. The Balaban J connectivity index is 1.47. The number of carbonyl (C=O) groups excluding carboxylic acids is 1. The molecule has 0 radical (unpaired) electrons. The number of benzene rings is 3. The summed E-state index contributed by atoms with van der Waals surface area (Å²) in [6.07, 6.45) is 6.80. The quantitative estimate of drug-likeness (QED) is 0.290. The van der Waals surface area contributed by atoms with Crippen LogP contribution in [-0.4, -0.2) is 36.4 Å². The molecule has 176 valence electrons. The number of nitrogens with zero attached hydrogens (tertiary/aromatic N) is 2. The summed E-state index contributed by atoms with van der Waals surface area (Å²) in [5, 5.41) is 2.90. The number of rotatable bonds is 9. The molecule has 0 saturated carbocycles. The Morgan fingerprint density at radius 3 is 2.34 bits per heavy atom. The third-order valence-electron chi connectivity index (χ3n) is 4.99. The molecule has 4 aromatic rings. The third kappa shape index (κ3) is 7.03. The zero-order valence-electron chi connectivity index (χ0n) is 19.7. The molecule has 1 aromatic heterocycles. The highest BCUT2D eigenvalue weighted by molar-refractivity contribution is 5.99. The van der Waals surface area contributed by atoms with E-state index in [1.54, 1.807) is 12.4 Å². The molecule has 0 aliphatic carbocycles. The van der Waals surface area contributed by atoms with E-state index in [1.165, 1.54) is 6.08 Å². The second-order valence-corrected chi connectivity index (χ2v) is 8.10. The van der Waals surface area contributed by atoms with E-state index in [2.05, 4.69) is 10.3 Å². The van der Waals surface area contributed by atoms with E-state index >= 15 is 0 Å². The van der Waals surface area contributed by atoms with Gasteiger partial charge in [0.05, 0.1) is 0 Å². The van der Waals surface area contributed by atoms with Crippen molar-refractivity contribution in [2.45, 2.75) is 0 Å². The van der Waals surface area contributed by atoms with Gasteiger partial charge in [0.1, 0.15) is 23.0 Å². The highest BCUT2D eigenvalue weighted by atomic mass is 16.5. The summed E-state index contributed by atoms with van der Waals surface area (Å²) in [6.45, 7) is 0.698. The van der Waals surface area contributed by atoms with E-state index in [4.69, 9.17) is 9.47 Å². The standard InChI is InChI=1S/C29H27N3O3/c1-32(2)19-7-12-29(33)31-23-9-6-8-22(20-23)27-21-30-18-17-28(27)35-26-15-13-25(14-16-26)34-24-10-4-3-5-11-24/h3-18,20-21H,19H2,1-2H3,(H,31,33). The predicted molar refractivity (Wildman–Crippen MR) is 139 cm³/mol. The van der Waals surface area contributed by atoms with E-state index < -0.39 is 0 Å². The van der Waals surface area contributed by atoms with Crippen molar-refractivity contribution in [1.82, 2.24) is 9.88 Å². The third-order valence-corrected chi connectivity index (χ3v) is 4.99. The lowest BCUT2D eigenvalue weighted by atomic mass is 10.1. The Kier molecular flexibility index (Phi) is 7.88. The highest BCUT2D eigenvalue weighted by Crippen LogP contribution is 2.34. The molecule has 0 aliphatic heterocycles. The Bertz CT molecular complexity index is 1290. The van der Waals surface area contributed by atoms with Crippen LogP contribution in [0.25, 0.3) is 11.1 Å². The molecule has 0 unspecified atom stereocenters. The van der Waals surface area contributed by atoms with Crippen LogP contribution in [0.15, 0.2) is 109 Å². The molecule has 0 saturated heterocycles. The Morgan fingerprint density at radius 2 is 1.60 bits per heavy atom. The Morgan fingerprint density at radius 1 is 0.886 bits per heavy atom. The van der Waals surface area contributed by atoms with Crippen LogP contribution < -0.4 is 14.8 Å². The van der Waals surface area contributed by atoms with Gasteiger partial charge in [0.25, 0.3) is 0 Å². The van der Waals surface area contributed by atoms with Gasteiger partial charge in [-0.2, -0.15) is 0 Å². The average molecular weight is 466 g/mol. The SMILES string of the molecule is CN(C)CC=CC(=O)Nc1cccc(-c2cnccc2Oc2ccc(Oc3ccccc3)cc2)c1. The largest absolute Gasteiger partial charge is 0.457 e. The minimum Gasteiger partial charge on any atom is -0.457 e. The van der Waals surface area contributed by atoms with Gasteiger partial charge in [-0.15, -0.1) is 0 Å². The second kappa shape index (κ2) is 11.6. The van der Waals surface area contributed by atoms with Gasteiger partial charge in [-0.3, -0.25) is 9.78 Å². The van der Waals surface area contributed by atoms with Gasteiger partial charge in [-0.1, -0.05) is 36.4 Å². The zero-order valence-corrected chi connectivity index (χ0v) is 19.7. The van der Waals surface area contributed by atoms with E-state index in [0.29, 0.717) is 23.7 Å². The molecule has 4 rings (SSSR count). The molecule has 0 aliphatic rings. The van der Waals surface area contributed by atoms with Crippen LogP contribution in [0.2, 0.25) is 0 Å². The summed E-state index contributed by atoms with van der Waals surface area (Å²) in [5.41, 5.74) is 2.39. The van der Waals surface area contributed by atoms with Crippen molar-refractivity contribution in [3.05, 3.63) is 109 Å². The fraction of sp³-hybridized carbons (Fsp3) is 0.103. The molecule has 6 nitrogen and oxygen atoms in total. The lowest BCUT2D eigenvalue weighted by Crippen LogP contribution is -2.12. The number of carbonyl (C=O) groups is 1. The molecule has 1 heterocycles. The number of ether oxygens (including phenoxy) is 2. The summed E-state index contributed by atoms with van der Waals surface area (Å²) in [4.78, 5) is 18.5. The molecule has 6 heteroatoms. The first-order valence-electron chi connectivity index (χ1n) is 11.2. The molecule has 1 amide bonds. The monoisotopic (exact) mass is 465 g/mol. The first-order chi connectivity index (χ1) is 17.1. The van der Waals surface area contributed by atoms with E-state index in [1.807, 2.05) is 110 Å². The van der Waals surface area contributed by atoms with E-state index in [-0.39, 0.29) is 5.91 Å². The minimum absolute atomic E-state index is 0.176. The Labute approximate surface area is 205 Å². The second-order valence-electron chi connectivity index (χ2n) is 8.10. The smallest absolute Gasteiger partial charge is 0.248 e. The highest BCUT2D eigenvalue weighted by Gasteiger charge is 2.10. The molecule has 0 spiro atoms. The van der Waals surface area contributed by atoms with Crippen LogP contribution in [0, 0.1) is 0 Å². The van der Waals surface area contributed by atoms with Crippen molar-refractivity contribution >= 4 is 11.6 Å². The molecule has 0 bridgehead atoms. The van der Waals surface area contributed by atoms with Crippen LogP contribution in [-0.2, 0) is 4.79 Å². The van der Waals surface area contributed by atoms with Crippen molar-refractivity contribution in [1.29, 1.82) is 0 Å². The molecule has 0 atom stereocenters. The molecule has 1 N–H and O–H groups in total. The Hall–Kier alpha value is -4.42. The first kappa shape index (κ1) is 23.7. The lowest BCUT2D eigenvalue weighted by molar-refractivity contribution is -0.111. The van der Waals surface area contributed by atoms with Crippen LogP contribution in [0.4, 0.5) is 5.69 Å². The molecule has 3 aromatic carbocycles. The summed E-state index contributed by atoms with van der Waals surface area (Å²) in [7, 11) is 3.90. The summed E-state index contributed by atoms with van der Waals surface area (Å²) >= 11 is 0. The van der Waals surface area contributed by atoms with Gasteiger partial charge in [0, 0.05) is 36.3 Å². The zero-order chi connectivity index (χ0) is 24.5. The normalized spacial score (nSPS) is 10.9. The lowest BCUT2D eigenvalue weighted by Gasteiger charge is -2.13. The molecule has 0 fully saturated rings. The number of likely N-dealkylation sites (N-methyl/N-ethyl adjacent to an activating group) is 1. The number of anilines is 1. The average Bonchev–Trinajstić information content (AvgIpc) is 2.86. The maximum atomic E-state index is 12.2. The number of para-hydroxylation sites is 1. The number of amides is 1. The summed E-state index contributed by atoms with van der Waals surface area (Å²) in [6, 6.07) is 26.5. The molecule has 35 heavy (non-hydrogen) atoms. The molecular weight excluding hydrogens is 438 g/mol. The maximum absolute atomic E-state index is 12.2. The number of hydrogen-bond donors (Lipinski definition) is 1. The minimum atomic E-state index is -0.176. The topological polar surface area (TPSA) is 63.7 Å². The van der Waals surface area contributed by atoms with Crippen molar-refractivity contribution < 1.29 is 14.3 Å². The number of hydrogen-bond acceptors (Lipinski definition) is 5. The van der Waals surface area contributed by atoms with Crippen LogP contribution in [0.1, 0.15) is 0 Å². The van der Waals surface area contributed by atoms with Crippen molar-refractivity contribution in [2.24, 2.45) is 0 Å². The van der Waals surface area contributed by atoms with E-state index in [9.17, 15) is 4.79 Å². The van der Waals surface area contributed by atoms with Crippen LogP contribution in [0.5, 0.6) is 23.0 Å². The van der Waals surface area contributed by atoms with Gasteiger partial charge in [0.2, 0.25) is 5.91 Å². The molecular formula is C29H27N3O3. The predicted octanol–water partition coefficient (Wildman–Crippen LogP) is 6.39. The van der Waals surface area contributed by atoms with Gasteiger partial charge in [0.15, 0.2) is 0 Å². The van der Waals surface area contributed by atoms with Gasteiger partial charge < -0.3 is 19.7 Å². The van der Waals surface area contributed by atoms with Crippen LogP contribution >= 0.6 is 0 Å². The fourth-order valence-electron chi connectivity index (χ4n) is 3.33. The van der Waals surface area contributed by atoms with E-state index in [0.717, 1.165) is 22.6 Å². The van der Waals surface area contributed by atoms with Crippen LogP contribution in [0.3, 0.4) is 0 Å². The van der Waals surface area contributed by atoms with Crippen molar-refractivity contribution in [2.75, 3.05) is 26.0 Å². The van der Waals surface area contributed by atoms with Crippen molar-refractivity contribution in [3.8, 4) is 34.1 Å². The van der Waals surface area contributed by atoms with Gasteiger partial charge in [-0.05, 0) is 74.3 Å². The number of nitrogens with one attached hydrogen (secondary N) is 1. The first-order valence-corrected chi connectivity index (χ1v) is 11.2. The maximum Gasteiger partial charge on any atom is 0.248 e. The fourth-order valence-corrected chi connectivity index (χ4v) is 3.33. The summed E-state index contributed by atoms with van der Waals surface area (Å²) < 4.78 is 12.0.